The Morgan fingerprint density at radius 2 is 1.76 bits per heavy atom. The van der Waals surface area contributed by atoms with Gasteiger partial charge in [0.2, 0.25) is 0 Å². The van der Waals surface area contributed by atoms with Crippen LogP contribution in [0.5, 0.6) is 0 Å². The van der Waals surface area contributed by atoms with E-state index in [2.05, 4.69) is 15.1 Å². The quantitative estimate of drug-likeness (QED) is 0.506. The second-order valence-electron chi connectivity index (χ2n) is 6.19. The highest BCUT2D eigenvalue weighted by molar-refractivity contribution is 7.92. The number of benzene rings is 3. The van der Waals surface area contributed by atoms with Crippen LogP contribution in [0.3, 0.4) is 0 Å². The number of para-hydroxylation sites is 2. The minimum absolute atomic E-state index is 0.0411. The van der Waals surface area contributed by atoms with Gasteiger partial charge in [0.1, 0.15) is 6.33 Å². The summed E-state index contributed by atoms with van der Waals surface area (Å²) in [5, 5.41) is 0.408. The largest absolute Gasteiger partial charge is 0.280 e. The number of anilines is 1. The third-order valence-corrected chi connectivity index (χ3v) is 5.77. The zero-order valence-corrected chi connectivity index (χ0v) is 16.5. The molecule has 1 amide bonds. The number of hydrogen-bond donors (Lipinski definition) is 2. The highest BCUT2D eigenvalue weighted by atomic mass is 35.5. The predicted molar refractivity (Wildman–Crippen MR) is 112 cm³/mol. The van der Waals surface area contributed by atoms with E-state index in [1.54, 1.807) is 18.2 Å². The van der Waals surface area contributed by atoms with Crippen LogP contribution >= 0.6 is 11.6 Å². The number of fused-ring (bicyclic) bond motifs is 1. The maximum absolute atomic E-state index is 12.7. The van der Waals surface area contributed by atoms with E-state index >= 15 is 0 Å². The topological polar surface area (TPSA) is 93.1 Å². The van der Waals surface area contributed by atoms with E-state index in [1.165, 1.54) is 41.3 Å². The lowest BCUT2D eigenvalue weighted by Crippen LogP contribution is -2.22. The molecule has 7 nitrogen and oxygen atoms in total. The fourth-order valence-electron chi connectivity index (χ4n) is 2.79. The van der Waals surface area contributed by atoms with Gasteiger partial charge in [0.25, 0.3) is 15.9 Å². The number of halogens is 1. The average Bonchev–Trinajstić information content (AvgIpc) is 3.11. The van der Waals surface area contributed by atoms with Gasteiger partial charge in [-0.05, 0) is 48.5 Å². The van der Waals surface area contributed by atoms with E-state index in [9.17, 15) is 13.2 Å². The smallest absolute Gasteiger partial charge is 0.270 e. The van der Waals surface area contributed by atoms with Crippen LogP contribution in [-0.4, -0.2) is 24.0 Å². The average molecular weight is 427 g/mol. The van der Waals surface area contributed by atoms with E-state index in [1.807, 2.05) is 24.3 Å². The van der Waals surface area contributed by atoms with Gasteiger partial charge in [-0.2, -0.15) is 0 Å². The summed E-state index contributed by atoms with van der Waals surface area (Å²) in [5.41, 5.74) is 4.68. The van der Waals surface area contributed by atoms with Crippen molar-refractivity contribution in [3.05, 3.63) is 89.7 Å². The summed E-state index contributed by atoms with van der Waals surface area (Å²) in [6, 6.07) is 19.5. The SMILES string of the molecule is O=C(Nn1cnc2ccccc21)c1cccc(S(=O)(=O)Nc2cccc(Cl)c2)c1. The molecular formula is C20H15ClN4O3S. The summed E-state index contributed by atoms with van der Waals surface area (Å²) < 4.78 is 29.3. The van der Waals surface area contributed by atoms with E-state index in [-0.39, 0.29) is 10.5 Å². The summed E-state index contributed by atoms with van der Waals surface area (Å²) in [7, 11) is -3.89. The van der Waals surface area contributed by atoms with Crippen molar-refractivity contribution in [2.24, 2.45) is 0 Å². The molecule has 0 spiro atoms. The molecule has 0 fully saturated rings. The van der Waals surface area contributed by atoms with Crippen molar-refractivity contribution in [3.8, 4) is 0 Å². The van der Waals surface area contributed by atoms with E-state index in [0.29, 0.717) is 10.7 Å². The normalized spacial score (nSPS) is 11.3. The summed E-state index contributed by atoms with van der Waals surface area (Å²) in [4.78, 5) is 16.8. The second kappa shape index (κ2) is 7.57. The van der Waals surface area contributed by atoms with Crippen LogP contribution in [0.25, 0.3) is 11.0 Å². The van der Waals surface area contributed by atoms with Crippen molar-refractivity contribution in [2.45, 2.75) is 4.90 Å². The lowest BCUT2D eigenvalue weighted by molar-refractivity contribution is 0.101. The molecule has 146 valence electrons. The molecule has 0 saturated carbocycles. The van der Waals surface area contributed by atoms with Gasteiger partial charge < -0.3 is 0 Å². The molecule has 0 radical (unpaired) electrons. The molecule has 4 rings (SSSR count). The van der Waals surface area contributed by atoms with Gasteiger partial charge in [-0.25, -0.2) is 18.1 Å². The van der Waals surface area contributed by atoms with Gasteiger partial charge in [0.05, 0.1) is 21.6 Å². The molecule has 4 aromatic rings. The number of sulfonamides is 1. The molecule has 29 heavy (non-hydrogen) atoms. The summed E-state index contributed by atoms with van der Waals surface area (Å²) in [6.07, 6.45) is 1.49. The Labute approximate surface area is 172 Å². The first-order valence-electron chi connectivity index (χ1n) is 8.54. The van der Waals surface area contributed by atoms with Crippen molar-refractivity contribution >= 4 is 44.3 Å². The second-order valence-corrected chi connectivity index (χ2v) is 8.31. The minimum atomic E-state index is -3.89. The third kappa shape index (κ3) is 4.08. The van der Waals surface area contributed by atoms with Gasteiger partial charge in [-0.15, -0.1) is 0 Å². The number of hydrogen-bond acceptors (Lipinski definition) is 4. The van der Waals surface area contributed by atoms with Crippen molar-refractivity contribution in [3.63, 3.8) is 0 Å². The molecule has 0 bridgehead atoms. The molecule has 0 unspecified atom stereocenters. The number of aromatic nitrogens is 2. The van der Waals surface area contributed by atoms with Crippen LogP contribution in [0.1, 0.15) is 10.4 Å². The van der Waals surface area contributed by atoms with Crippen LogP contribution in [0.15, 0.2) is 84.0 Å². The van der Waals surface area contributed by atoms with Gasteiger partial charge in [-0.1, -0.05) is 35.9 Å². The van der Waals surface area contributed by atoms with Crippen LogP contribution in [0.4, 0.5) is 5.69 Å². The highest BCUT2D eigenvalue weighted by Gasteiger charge is 2.17. The Morgan fingerprint density at radius 3 is 2.59 bits per heavy atom. The molecule has 0 atom stereocenters. The number of rotatable bonds is 5. The minimum Gasteiger partial charge on any atom is -0.280 e. The van der Waals surface area contributed by atoms with Crippen LogP contribution in [0.2, 0.25) is 5.02 Å². The number of amides is 1. The molecule has 0 aliphatic rings. The molecule has 0 saturated heterocycles. The standard InChI is InChI=1S/C20H15ClN4O3S/c21-15-6-4-7-16(12-15)24-29(27,28)17-8-3-5-14(11-17)20(26)23-25-13-22-18-9-1-2-10-19(18)25/h1-13,24H,(H,23,26). The van der Waals surface area contributed by atoms with E-state index in [4.69, 9.17) is 11.6 Å². The molecule has 3 aromatic carbocycles. The fraction of sp³-hybridized carbons (Fsp3) is 0. The molecule has 0 aliphatic heterocycles. The van der Waals surface area contributed by atoms with E-state index < -0.39 is 15.9 Å². The number of carbonyl (C=O) groups is 1. The number of nitrogens with zero attached hydrogens (tertiary/aromatic N) is 2. The maximum Gasteiger partial charge on any atom is 0.270 e. The van der Waals surface area contributed by atoms with Crippen molar-refractivity contribution in [1.29, 1.82) is 0 Å². The Kier molecular flexibility index (Phi) is 4.96. The maximum atomic E-state index is 12.7. The first-order chi connectivity index (χ1) is 13.9. The Bertz CT molecular complexity index is 1320. The number of imidazole rings is 1. The Balaban J connectivity index is 1.58. The lowest BCUT2D eigenvalue weighted by atomic mass is 10.2. The van der Waals surface area contributed by atoms with Crippen LogP contribution in [0, 0.1) is 0 Å². The first kappa shape index (κ1) is 19.0. The molecule has 1 heterocycles. The summed E-state index contributed by atoms with van der Waals surface area (Å²) in [5.74, 6) is -0.465. The van der Waals surface area contributed by atoms with E-state index in [0.717, 1.165) is 11.0 Å². The molecule has 1 aromatic heterocycles. The number of carbonyl (C=O) groups excluding carboxylic acids is 1. The van der Waals surface area contributed by atoms with Gasteiger partial charge in [-0.3, -0.25) is 14.9 Å². The van der Waals surface area contributed by atoms with Crippen LogP contribution < -0.4 is 10.1 Å². The van der Waals surface area contributed by atoms with Gasteiger partial charge in [0, 0.05) is 10.6 Å². The summed E-state index contributed by atoms with van der Waals surface area (Å²) in [6.45, 7) is 0. The van der Waals surface area contributed by atoms with Gasteiger partial charge >= 0.3 is 0 Å². The molecule has 2 N–H and O–H groups in total. The summed E-state index contributed by atoms with van der Waals surface area (Å²) >= 11 is 5.90. The lowest BCUT2D eigenvalue weighted by Gasteiger charge is -2.11. The zero-order valence-electron chi connectivity index (χ0n) is 14.9. The van der Waals surface area contributed by atoms with Crippen molar-refractivity contribution < 1.29 is 13.2 Å². The molecule has 0 aliphatic carbocycles. The van der Waals surface area contributed by atoms with Crippen LogP contribution in [-0.2, 0) is 10.0 Å². The Hall–Kier alpha value is -3.36. The Morgan fingerprint density at radius 1 is 0.966 bits per heavy atom. The predicted octanol–water partition coefficient (Wildman–Crippen LogP) is 3.87. The number of nitrogens with one attached hydrogen (secondary N) is 2. The van der Waals surface area contributed by atoms with Crippen molar-refractivity contribution in [2.75, 3.05) is 10.1 Å². The molecule has 9 heteroatoms. The monoisotopic (exact) mass is 426 g/mol. The highest BCUT2D eigenvalue weighted by Crippen LogP contribution is 2.20. The van der Waals surface area contributed by atoms with Crippen molar-refractivity contribution in [1.82, 2.24) is 9.66 Å². The first-order valence-corrected chi connectivity index (χ1v) is 10.4. The fourth-order valence-corrected chi connectivity index (χ4v) is 4.08. The zero-order chi connectivity index (χ0) is 20.4. The van der Waals surface area contributed by atoms with Gasteiger partial charge in [0.15, 0.2) is 0 Å². The molecular weight excluding hydrogens is 412 g/mol. The third-order valence-electron chi connectivity index (χ3n) is 4.16.